The number of halogens is 2. The molecule has 0 radical (unpaired) electrons. The Hall–Kier alpha value is -1.37. The Balaban J connectivity index is 0.00000144. The van der Waals surface area contributed by atoms with Gasteiger partial charge in [0.15, 0.2) is 11.5 Å². The molecule has 0 spiro atoms. The molecule has 1 fully saturated rings. The second kappa shape index (κ2) is 9.81. The fourth-order valence-corrected chi connectivity index (χ4v) is 3.04. The largest absolute Gasteiger partial charge is 0.346 e. The predicted octanol–water partition coefficient (Wildman–Crippen LogP) is 2.53. The normalized spacial score (nSPS) is 16.0. The van der Waals surface area contributed by atoms with Crippen LogP contribution in [0.15, 0.2) is 24.4 Å². The lowest BCUT2D eigenvalue weighted by atomic mass is 9.93. The maximum absolute atomic E-state index is 12.1. The standard InChI is InChI=1S/C16H23N5O.2ClH/c1-12(16-20-19-14-4-2-3-11-21(14)16)18-15(22)6-5-13-7-9-17-10-8-13;;/h2-4,11-13,17H,5-10H2,1H3,(H,18,22);2*1H. The lowest BCUT2D eigenvalue weighted by molar-refractivity contribution is -0.122. The van der Waals surface area contributed by atoms with E-state index < -0.39 is 0 Å². The molecule has 0 saturated carbocycles. The number of hydrogen-bond donors (Lipinski definition) is 2. The minimum Gasteiger partial charge on any atom is -0.346 e. The third-order valence-electron chi connectivity index (χ3n) is 4.34. The molecule has 24 heavy (non-hydrogen) atoms. The van der Waals surface area contributed by atoms with Crippen molar-refractivity contribution in [3.05, 3.63) is 30.2 Å². The summed E-state index contributed by atoms with van der Waals surface area (Å²) in [7, 11) is 0. The van der Waals surface area contributed by atoms with Gasteiger partial charge in [0.05, 0.1) is 6.04 Å². The van der Waals surface area contributed by atoms with Gasteiger partial charge in [-0.3, -0.25) is 9.20 Å². The SMILES string of the molecule is CC(NC(=O)CCC1CCNCC1)c1nnc2ccccn12.Cl.Cl. The van der Waals surface area contributed by atoms with Crippen LogP contribution in [0.3, 0.4) is 0 Å². The molecule has 1 saturated heterocycles. The van der Waals surface area contributed by atoms with Crippen LogP contribution in [0.25, 0.3) is 5.65 Å². The minimum atomic E-state index is -0.141. The van der Waals surface area contributed by atoms with Gasteiger partial charge in [0, 0.05) is 12.6 Å². The number of hydrogen-bond acceptors (Lipinski definition) is 4. The van der Waals surface area contributed by atoms with Crippen molar-refractivity contribution in [2.24, 2.45) is 5.92 Å². The zero-order valence-corrected chi connectivity index (χ0v) is 15.4. The zero-order chi connectivity index (χ0) is 15.4. The second-order valence-electron chi connectivity index (χ2n) is 6.01. The number of piperidine rings is 1. The van der Waals surface area contributed by atoms with Crippen molar-refractivity contribution < 1.29 is 4.79 Å². The molecule has 134 valence electrons. The van der Waals surface area contributed by atoms with Gasteiger partial charge >= 0.3 is 0 Å². The summed E-state index contributed by atoms with van der Waals surface area (Å²) in [6.07, 6.45) is 5.84. The Kier molecular flexibility index (Phi) is 8.45. The molecule has 1 aliphatic heterocycles. The predicted molar refractivity (Wildman–Crippen MR) is 98.9 cm³/mol. The molecule has 3 rings (SSSR count). The average Bonchev–Trinajstić information content (AvgIpc) is 2.98. The Morgan fingerprint density at radius 1 is 1.33 bits per heavy atom. The number of pyridine rings is 1. The Labute approximate surface area is 154 Å². The van der Waals surface area contributed by atoms with Crippen LogP contribution in [0.2, 0.25) is 0 Å². The van der Waals surface area contributed by atoms with Crippen molar-refractivity contribution in [2.75, 3.05) is 13.1 Å². The van der Waals surface area contributed by atoms with Crippen molar-refractivity contribution in [3.8, 4) is 0 Å². The van der Waals surface area contributed by atoms with Crippen molar-refractivity contribution in [1.82, 2.24) is 25.2 Å². The summed E-state index contributed by atoms with van der Waals surface area (Å²) in [5.74, 6) is 1.54. The molecule has 2 aromatic rings. The van der Waals surface area contributed by atoms with Gasteiger partial charge in [-0.2, -0.15) is 0 Å². The Morgan fingerprint density at radius 2 is 2.08 bits per heavy atom. The molecule has 2 N–H and O–H groups in total. The van der Waals surface area contributed by atoms with Crippen LogP contribution in [-0.2, 0) is 4.79 Å². The van der Waals surface area contributed by atoms with Crippen molar-refractivity contribution >= 4 is 36.4 Å². The van der Waals surface area contributed by atoms with Crippen molar-refractivity contribution in [3.63, 3.8) is 0 Å². The van der Waals surface area contributed by atoms with E-state index in [1.54, 1.807) is 0 Å². The first-order valence-electron chi connectivity index (χ1n) is 8.04. The zero-order valence-electron chi connectivity index (χ0n) is 13.8. The highest BCUT2D eigenvalue weighted by Crippen LogP contribution is 2.18. The topological polar surface area (TPSA) is 71.3 Å². The van der Waals surface area contributed by atoms with Crippen LogP contribution < -0.4 is 10.6 Å². The van der Waals surface area contributed by atoms with Crippen LogP contribution >= 0.6 is 24.8 Å². The number of fused-ring (bicyclic) bond motifs is 1. The number of nitrogens with one attached hydrogen (secondary N) is 2. The first-order valence-corrected chi connectivity index (χ1v) is 8.04. The molecule has 1 unspecified atom stereocenters. The lowest BCUT2D eigenvalue weighted by Crippen LogP contribution is -2.30. The Morgan fingerprint density at radius 3 is 2.83 bits per heavy atom. The van der Waals surface area contributed by atoms with E-state index in [9.17, 15) is 4.79 Å². The van der Waals surface area contributed by atoms with Gasteiger partial charge in [-0.05, 0) is 57.3 Å². The summed E-state index contributed by atoms with van der Waals surface area (Å²) in [4.78, 5) is 12.1. The van der Waals surface area contributed by atoms with E-state index in [2.05, 4.69) is 20.8 Å². The number of nitrogens with zero attached hydrogens (tertiary/aromatic N) is 3. The summed E-state index contributed by atoms with van der Waals surface area (Å²) in [6.45, 7) is 4.11. The van der Waals surface area contributed by atoms with Gasteiger partial charge in [-0.15, -0.1) is 35.0 Å². The van der Waals surface area contributed by atoms with Crippen LogP contribution in [0, 0.1) is 5.92 Å². The summed E-state index contributed by atoms with van der Waals surface area (Å²) < 4.78 is 1.91. The van der Waals surface area contributed by atoms with E-state index in [1.807, 2.05) is 35.7 Å². The van der Waals surface area contributed by atoms with E-state index in [-0.39, 0.29) is 36.8 Å². The van der Waals surface area contributed by atoms with Gasteiger partial charge in [0.1, 0.15) is 0 Å². The fraction of sp³-hybridized carbons (Fsp3) is 0.562. The number of aromatic nitrogens is 3. The molecule has 2 aromatic heterocycles. The summed E-state index contributed by atoms with van der Waals surface area (Å²) in [5.41, 5.74) is 0.799. The van der Waals surface area contributed by atoms with Crippen LogP contribution in [0.5, 0.6) is 0 Å². The maximum Gasteiger partial charge on any atom is 0.220 e. The van der Waals surface area contributed by atoms with Crippen molar-refractivity contribution in [2.45, 2.75) is 38.6 Å². The quantitative estimate of drug-likeness (QED) is 0.844. The Bertz CT molecular complexity index is 642. The first-order chi connectivity index (χ1) is 10.7. The highest BCUT2D eigenvalue weighted by atomic mass is 35.5. The maximum atomic E-state index is 12.1. The van der Waals surface area contributed by atoms with Gasteiger partial charge in [0.2, 0.25) is 5.91 Å². The highest BCUT2D eigenvalue weighted by Gasteiger charge is 2.18. The van der Waals surface area contributed by atoms with Crippen LogP contribution in [0.1, 0.15) is 44.5 Å². The van der Waals surface area contributed by atoms with Gasteiger partial charge < -0.3 is 10.6 Å². The van der Waals surface area contributed by atoms with Crippen LogP contribution in [-0.4, -0.2) is 33.6 Å². The molecule has 1 aliphatic rings. The first kappa shape index (κ1) is 20.7. The summed E-state index contributed by atoms with van der Waals surface area (Å²) in [6, 6.07) is 5.63. The third-order valence-corrected chi connectivity index (χ3v) is 4.34. The minimum absolute atomic E-state index is 0. The highest BCUT2D eigenvalue weighted by molar-refractivity contribution is 5.85. The van der Waals surface area contributed by atoms with Gasteiger partial charge in [-0.1, -0.05) is 6.07 Å². The molecule has 3 heterocycles. The van der Waals surface area contributed by atoms with E-state index in [0.29, 0.717) is 12.3 Å². The molecule has 1 amide bonds. The molecule has 0 aromatic carbocycles. The fourth-order valence-electron chi connectivity index (χ4n) is 3.04. The smallest absolute Gasteiger partial charge is 0.220 e. The summed E-state index contributed by atoms with van der Waals surface area (Å²) >= 11 is 0. The molecule has 1 atom stereocenters. The molecule has 0 bridgehead atoms. The van der Waals surface area contributed by atoms with E-state index >= 15 is 0 Å². The number of carbonyl (C=O) groups excluding carboxylic acids is 1. The van der Waals surface area contributed by atoms with E-state index in [1.165, 1.54) is 12.8 Å². The van der Waals surface area contributed by atoms with Gasteiger partial charge in [0.25, 0.3) is 0 Å². The lowest BCUT2D eigenvalue weighted by Gasteiger charge is -2.22. The third kappa shape index (κ3) is 5.06. The summed E-state index contributed by atoms with van der Waals surface area (Å²) in [5, 5.41) is 14.7. The monoisotopic (exact) mass is 373 g/mol. The molecule has 8 heteroatoms. The average molecular weight is 374 g/mol. The van der Waals surface area contributed by atoms with Crippen molar-refractivity contribution in [1.29, 1.82) is 0 Å². The van der Waals surface area contributed by atoms with E-state index in [4.69, 9.17) is 0 Å². The van der Waals surface area contributed by atoms with Gasteiger partial charge in [-0.25, -0.2) is 0 Å². The number of carbonyl (C=O) groups is 1. The van der Waals surface area contributed by atoms with E-state index in [0.717, 1.165) is 31.0 Å². The van der Waals surface area contributed by atoms with Crippen LogP contribution in [0.4, 0.5) is 0 Å². The molecular formula is C16H25Cl2N5O. The molecule has 6 nitrogen and oxygen atoms in total. The molecule has 0 aliphatic carbocycles. The molecular weight excluding hydrogens is 349 g/mol. The number of amides is 1. The number of rotatable bonds is 5. The second-order valence-corrected chi connectivity index (χ2v) is 6.01.